The summed E-state index contributed by atoms with van der Waals surface area (Å²) in [6.07, 6.45) is 0. The fraction of sp³-hybridized carbons (Fsp3) is 0.158. The van der Waals surface area contributed by atoms with Gasteiger partial charge in [0, 0.05) is 0 Å². The normalized spacial score (nSPS) is 12.3. The molecule has 4 aromatic rings. The van der Waals surface area contributed by atoms with Crippen molar-refractivity contribution in [2.75, 3.05) is 5.75 Å². The first kappa shape index (κ1) is 17.3. The van der Waals surface area contributed by atoms with Crippen molar-refractivity contribution in [2.24, 2.45) is 0 Å². The molecule has 2 aromatic carbocycles. The van der Waals surface area contributed by atoms with Gasteiger partial charge >= 0.3 is 0 Å². The molecule has 0 saturated heterocycles. The van der Waals surface area contributed by atoms with E-state index in [4.69, 9.17) is 0 Å². The van der Waals surface area contributed by atoms with Crippen LogP contribution in [-0.2, 0) is 4.79 Å². The summed E-state index contributed by atoms with van der Waals surface area (Å²) in [6, 6.07) is 14.6. The standard InChI is InChI=1S/C19H17N5O2S/c1-11(17-21-14-8-4-5-9-15(14)22-17)20-16(25)10-27-19-23-13-7-3-2-6-12(13)18(26)24-19/h2-9,11H,10H2,1H3,(H,20,25)(H,21,22)(H,23,24,26)/t11-/m0/s1. The SMILES string of the molecule is C[C@H](NC(=O)CSc1nc2ccccc2c(=O)[nH]1)c1nc2ccccc2[nH]1. The highest BCUT2D eigenvalue weighted by molar-refractivity contribution is 7.99. The smallest absolute Gasteiger partial charge is 0.259 e. The summed E-state index contributed by atoms with van der Waals surface area (Å²) in [5, 5.41) is 3.86. The number of rotatable bonds is 5. The number of hydrogen-bond donors (Lipinski definition) is 3. The lowest BCUT2D eigenvalue weighted by Crippen LogP contribution is -2.29. The number of imidazole rings is 1. The molecule has 0 fully saturated rings. The highest BCUT2D eigenvalue weighted by Crippen LogP contribution is 2.17. The van der Waals surface area contributed by atoms with Gasteiger partial charge in [0.2, 0.25) is 5.91 Å². The van der Waals surface area contributed by atoms with Crippen LogP contribution in [0.15, 0.2) is 58.5 Å². The summed E-state index contributed by atoms with van der Waals surface area (Å²) in [6.45, 7) is 1.87. The topological polar surface area (TPSA) is 104 Å². The number of aromatic amines is 2. The number of benzene rings is 2. The van der Waals surface area contributed by atoms with Gasteiger partial charge < -0.3 is 15.3 Å². The quantitative estimate of drug-likeness (QED) is 0.365. The van der Waals surface area contributed by atoms with Crippen LogP contribution in [0.2, 0.25) is 0 Å². The number of para-hydroxylation sites is 3. The molecule has 0 bridgehead atoms. The summed E-state index contributed by atoms with van der Waals surface area (Å²) in [4.78, 5) is 39.1. The van der Waals surface area contributed by atoms with Gasteiger partial charge in [-0.05, 0) is 31.2 Å². The maximum absolute atomic E-state index is 12.3. The molecule has 4 rings (SSSR count). The van der Waals surface area contributed by atoms with Crippen LogP contribution in [-0.4, -0.2) is 31.6 Å². The number of hydrogen-bond acceptors (Lipinski definition) is 5. The first-order valence-corrected chi connectivity index (χ1v) is 9.44. The Labute approximate surface area is 158 Å². The summed E-state index contributed by atoms with van der Waals surface area (Å²) in [5.41, 5.74) is 2.20. The zero-order chi connectivity index (χ0) is 18.8. The number of H-pyrrole nitrogens is 2. The molecule has 7 nitrogen and oxygen atoms in total. The van der Waals surface area contributed by atoms with Gasteiger partial charge in [-0.15, -0.1) is 0 Å². The van der Waals surface area contributed by atoms with E-state index in [9.17, 15) is 9.59 Å². The minimum Gasteiger partial charge on any atom is -0.346 e. The van der Waals surface area contributed by atoms with Gasteiger partial charge in [-0.25, -0.2) is 9.97 Å². The second kappa shape index (κ2) is 7.24. The maximum Gasteiger partial charge on any atom is 0.259 e. The van der Waals surface area contributed by atoms with Crippen molar-refractivity contribution in [2.45, 2.75) is 18.1 Å². The summed E-state index contributed by atoms with van der Waals surface area (Å²) >= 11 is 1.19. The maximum atomic E-state index is 12.3. The van der Waals surface area contributed by atoms with Crippen molar-refractivity contribution < 1.29 is 4.79 Å². The second-order valence-corrected chi connectivity index (χ2v) is 7.07. The highest BCUT2D eigenvalue weighted by atomic mass is 32.2. The minimum atomic E-state index is -0.255. The van der Waals surface area contributed by atoms with Gasteiger partial charge in [-0.3, -0.25) is 9.59 Å². The third kappa shape index (κ3) is 3.70. The molecule has 0 radical (unpaired) electrons. The van der Waals surface area contributed by atoms with Crippen molar-refractivity contribution in [3.63, 3.8) is 0 Å². The van der Waals surface area contributed by atoms with E-state index in [0.717, 1.165) is 11.0 Å². The van der Waals surface area contributed by atoms with E-state index in [0.29, 0.717) is 21.9 Å². The minimum absolute atomic E-state index is 0.145. The van der Waals surface area contributed by atoms with E-state index >= 15 is 0 Å². The molecule has 3 N–H and O–H groups in total. The number of nitrogens with one attached hydrogen (secondary N) is 3. The van der Waals surface area contributed by atoms with Crippen LogP contribution in [0.1, 0.15) is 18.8 Å². The molecule has 0 aliphatic heterocycles. The molecule has 136 valence electrons. The average Bonchev–Trinajstić information content (AvgIpc) is 3.11. The van der Waals surface area contributed by atoms with Crippen LogP contribution in [0.3, 0.4) is 0 Å². The molecule has 0 saturated carbocycles. The van der Waals surface area contributed by atoms with E-state index in [1.807, 2.05) is 37.3 Å². The van der Waals surface area contributed by atoms with Crippen molar-refractivity contribution in [3.8, 4) is 0 Å². The Hall–Kier alpha value is -3.13. The zero-order valence-corrected chi connectivity index (χ0v) is 15.3. The molecule has 27 heavy (non-hydrogen) atoms. The Morgan fingerprint density at radius 2 is 1.81 bits per heavy atom. The zero-order valence-electron chi connectivity index (χ0n) is 14.5. The van der Waals surface area contributed by atoms with Crippen molar-refractivity contribution in [1.29, 1.82) is 0 Å². The van der Waals surface area contributed by atoms with Crippen molar-refractivity contribution in [1.82, 2.24) is 25.3 Å². The van der Waals surface area contributed by atoms with Crippen LogP contribution in [0.25, 0.3) is 21.9 Å². The van der Waals surface area contributed by atoms with E-state index in [2.05, 4.69) is 25.3 Å². The third-order valence-electron chi connectivity index (χ3n) is 4.13. The predicted octanol–water partition coefficient (Wildman–Crippen LogP) is 2.77. The molecule has 2 heterocycles. The fourth-order valence-corrected chi connectivity index (χ4v) is 3.48. The van der Waals surface area contributed by atoms with E-state index in [-0.39, 0.29) is 23.3 Å². The van der Waals surface area contributed by atoms with Gasteiger partial charge in [0.1, 0.15) is 5.82 Å². The Kier molecular flexibility index (Phi) is 4.64. The largest absolute Gasteiger partial charge is 0.346 e. The summed E-state index contributed by atoms with van der Waals surface area (Å²) in [7, 11) is 0. The van der Waals surface area contributed by atoms with Crippen LogP contribution in [0.4, 0.5) is 0 Å². The number of aromatic nitrogens is 4. The van der Waals surface area contributed by atoms with E-state index in [1.54, 1.807) is 18.2 Å². The number of thioether (sulfide) groups is 1. The second-order valence-electron chi connectivity index (χ2n) is 6.11. The average molecular weight is 379 g/mol. The summed E-state index contributed by atoms with van der Waals surface area (Å²) < 4.78 is 0. The number of carbonyl (C=O) groups excluding carboxylic acids is 1. The van der Waals surface area contributed by atoms with Gasteiger partial charge in [-0.2, -0.15) is 0 Å². The molecule has 0 unspecified atom stereocenters. The molecule has 0 aliphatic carbocycles. The van der Waals surface area contributed by atoms with Gasteiger partial charge in [0.25, 0.3) is 5.56 Å². The van der Waals surface area contributed by atoms with Crippen molar-refractivity contribution >= 4 is 39.6 Å². The molecule has 0 spiro atoms. The van der Waals surface area contributed by atoms with Gasteiger partial charge in [0.05, 0.1) is 33.7 Å². The third-order valence-corrected chi connectivity index (χ3v) is 5.00. The van der Waals surface area contributed by atoms with Crippen molar-refractivity contribution in [3.05, 3.63) is 64.7 Å². The number of nitrogens with zero attached hydrogens (tertiary/aromatic N) is 2. The molecular formula is C19H17N5O2S. The van der Waals surface area contributed by atoms with Crippen LogP contribution < -0.4 is 10.9 Å². The first-order valence-electron chi connectivity index (χ1n) is 8.46. The lowest BCUT2D eigenvalue weighted by molar-refractivity contribution is -0.119. The first-order chi connectivity index (χ1) is 13.1. The summed E-state index contributed by atoms with van der Waals surface area (Å²) in [5.74, 6) is 0.682. The Morgan fingerprint density at radius 1 is 1.07 bits per heavy atom. The van der Waals surface area contributed by atoms with Crippen LogP contribution >= 0.6 is 11.8 Å². The van der Waals surface area contributed by atoms with Crippen LogP contribution in [0.5, 0.6) is 0 Å². The van der Waals surface area contributed by atoms with Gasteiger partial charge in [0.15, 0.2) is 5.16 Å². The molecule has 8 heteroatoms. The number of amides is 1. The molecular weight excluding hydrogens is 362 g/mol. The molecule has 1 amide bonds. The van der Waals surface area contributed by atoms with E-state index < -0.39 is 0 Å². The Morgan fingerprint density at radius 3 is 2.63 bits per heavy atom. The Bertz CT molecular complexity index is 1150. The van der Waals surface area contributed by atoms with Crippen LogP contribution in [0, 0.1) is 0 Å². The Balaban J connectivity index is 1.41. The van der Waals surface area contributed by atoms with E-state index in [1.165, 1.54) is 11.8 Å². The predicted molar refractivity (Wildman–Crippen MR) is 106 cm³/mol. The monoisotopic (exact) mass is 379 g/mol. The number of fused-ring (bicyclic) bond motifs is 2. The highest BCUT2D eigenvalue weighted by Gasteiger charge is 2.14. The fourth-order valence-electron chi connectivity index (χ4n) is 2.80. The molecule has 0 aliphatic rings. The number of carbonyl (C=O) groups is 1. The molecule has 2 aromatic heterocycles. The lowest BCUT2D eigenvalue weighted by atomic mass is 10.2. The van der Waals surface area contributed by atoms with Gasteiger partial charge in [-0.1, -0.05) is 36.0 Å². The molecule has 1 atom stereocenters. The lowest BCUT2D eigenvalue weighted by Gasteiger charge is -2.11.